The first-order valence-electron chi connectivity index (χ1n) is 10.4. The summed E-state index contributed by atoms with van der Waals surface area (Å²) in [6.07, 6.45) is 0. The van der Waals surface area contributed by atoms with E-state index in [0.717, 1.165) is 14.6 Å². The molecule has 1 heterocycles. The number of fused-ring (bicyclic) bond motifs is 1. The molecule has 0 aliphatic carbocycles. The summed E-state index contributed by atoms with van der Waals surface area (Å²) in [7, 11) is 0. The maximum atomic E-state index is 12.3. The number of amides is 2. The van der Waals surface area contributed by atoms with Crippen molar-refractivity contribution in [3.63, 3.8) is 0 Å². The van der Waals surface area contributed by atoms with E-state index < -0.39 is 5.97 Å². The first-order valence-corrected chi connectivity index (χ1v) is 12.2. The summed E-state index contributed by atoms with van der Waals surface area (Å²) in [5.74, 6) is 0.636. The van der Waals surface area contributed by atoms with E-state index in [-0.39, 0.29) is 18.4 Å². The number of nitrogens with one attached hydrogen (secondary N) is 1. The highest BCUT2D eigenvalue weighted by atomic mass is 32.2. The lowest BCUT2D eigenvalue weighted by Crippen LogP contribution is -2.31. The number of hydrogen-bond donors (Lipinski definition) is 1. The van der Waals surface area contributed by atoms with Gasteiger partial charge in [0.15, 0.2) is 10.9 Å². The van der Waals surface area contributed by atoms with Gasteiger partial charge in [-0.05, 0) is 56.3 Å². The fourth-order valence-corrected chi connectivity index (χ4v) is 4.96. The first kappa shape index (κ1) is 24.5. The molecular formula is C23H25N3O5S2. The SMILES string of the molecule is CCN(CC)C(=O)CSc1nc2ccc(NC(=O)COc3ccc(OC(C)=O)cc3)cc2s1. The van der Waals surface area contributed by atoms with Crippen LogP contribution in [0.1, 0.15) is 20.8 Å². The Hall–Kier alpha value is -3.11. The van der Waals surface area contributed by atoms with Crippen molar-refractivity contribution in [1.29, 1.82) is 0 Å². The second kappa shape index (κ2) is 11.7. The quantitative estimate of drug-likeness (QED) is 0.260. The number of nitrogens with zero attached hydrogens (tertiary/aromatic N) is 2. The highest BCUT2D eigenvalue weighted by molar-refractivity contribution is 8.01. The van der Waals surface area contributed by atoms with E-state index in [9.17, 15) is 14.4 Å². The lowest BCUT2D eigenvalue weighted by molar-refractivity contribution is -0.132. The number of rotatable bonds is 10. The lowest BCUT2D eigenvalue weighted by Gasteiger charge is -2.17. The maximum Gasteiger partial charge on any atom is 0.308 e. The van der Waals surface area contributed by atoms with Crippen molar-refractivity contribution in [3.8, 4) is 11.5 Å². The topological polar surface area (TPSA) is 97.8 Å². The third-order valence-corrected chi connectivity index (χ3v) is 6.69. The molecule has 10 heteroatoms. The number of benzene rings is 2. The van der Waals surface area contributed by atoms with Crippen LogP contribution in [0.25, 0.3) is 10.2 Å². The molecule has 0 aliphatic rings. The van der Waals surface area contributed by atoms with Crippen LogP contribution in [0.5, 0.6) is 11.5 Å². The molecule has 3 rings (SSSR count). The number of aromatic nitrogens is 1. The molecule has 2 amide bonds. The number of carbonyl (C=O) groups excluding carboxylic acids is 3. The van der Waals surface area contributed by atoms with Crippen LogP contribution in [0.15, 0.2) is 46.8 Å². The molecule has 174 valence electrons. The Kier molecular flexibility index (Phi) is 8.67. The van der Waals surface area contributed by atoms with Gasteiger partial charge in [-0.25, -0.2) is 4.98 Å². The molecule has 2 aromatic carbocycles. The molecule has 0 saturated carbocycles. The Morgan fingerprint density at radius 2 is 1.76 bits per heavy atom. The van der Waals surface area contributed by atoms with Crippen LogP contribution in [0.4, 0.5) is 5.69 Å². The first-order chi connectivity index (χ1) is 15.9. The summed E-state index contributed by atoms with van der Waals surface area (Å²) < 4.78 is 12.2. The molecule has 3 aromatic rings. The third-order valence-electron chi connectivity index (χ3n) is 4.54. The molecule has 0 atom stereocenters. The predicted molar refractivity (Wildman–Crippen MR) is 130 cm³/mol. The second-order valence-corrected chi connectivity index (χ2v) is 9.17. The molecule has 0 radical (unpaired) electrons. The van der Waals surface area contributed by atoms with E-state index in [2.05, 4.69) is 10.3 Å². The monoisotopic (exact) mass is 487 g/mol. The Morgan fingerprint density at radius 3 is 2.42 bits per heavy atom. The van der Waals surface area contributed by atoms with Crippen LogP contribution in [-0.4, -0.2) is 53.1 Å². The summed E-state index contributed by atoms with van der Waals surface area (Å²) in [5, 5.41) is 2.81. The van der Waals surface area contributed by atoms with Gasteiger partial charge in [-0.15, -0.1) is 11.3 Å². The normalized spacial score (nSPS) is 10.6. The number of hydrogen-bond acceptors (Lipinski definition) is 8. The molecule has 1 N–H and O–H groups in total. The summed E-state index contributed by atoms with van der Waals surface area (Å²) in [6, 6.07) is 11.9. The van der Waals surface area contributed by atoms with Crippen LogP contribution >= 0.6 is 23.1 Å². The van der Waals surface area contributed by atoms with E-state index >= 15 is 0 Å². The van der Waals surface area contributed by atoms with Crippen molar-refractivity contribution in [2.24, 2.45) is 0 Å². The zero-order valence-electron chi connectivity index (χ0n) is 18.6. The van der Waals surface area contributed by atoms with Gasteiger partial charge in [0.1, 0.15) is 11.5 Å². The fraction of sp³-hybridized carbons (Fsp3) is 0.304. The Balaban J connectivity index is 1.53. The van der Waals surface area contributed by atoms with Gasteiger partial charge < -0.3 is 19.7 Å². The second-order valence-electron chi connectivity index (χ2n) is 6.92. The van der Waals surface area contributed by atoms with Crippen LogP contribution in [-0.2, 0) is 14.4 Å². The minimum absolute atomic E-state index is 0.0956. The third kappa shape index (κ3) is 7.19. The number of esters is 1. The molecule has 0 aliphatic heterocycles. The highest BCUT2D eigenvalue weighted by Crippen LogP contribution is 2.31. The fourth-order valence-electron chi connectivity index (χ4n) is 2.95. The zero-order chi connectivity index (χ0) is 23.8. The van der Waals surface area contributed by atoms with Gasteiger partial charge in [0.2, 0.25) is 5.91 Å². The smallest absolute Gasteiger partial charge is 0.308 e. The van der Waals surface area contributed by atoms with Gasteiger partial charge in [-0.1, -0.05) is 11.8 Å². The highest BCUT2D eigenvalue weighted by Gasteiger charge is 2.13. The molecule has 0 saturated heterocycles. The van der Waals surface area contributed by atoms with Gasteiger partial charge >= 0.3 is 5.97 Å². The van der Waals surface area contributed by atoms with Crippen LogP contribution in [0, 0.1) is 0 Å². The van der Waals surface area contributed by atoms with E-state index in [1.54, 1.807) is 35.2 Å². The number of carbonyl (C=O) groups is 3. The Labute approximate surface area is 200 Å². The largest absolute Gasteiger partial charge is 0.484 e. The van der Waals surface area contributed by atoms with Crippen molar-refractivity contribution in [3.05, 3.63) is 42.5 Å². The number of anilines is 1. The van der Waals surface area contributed by atoms with Crippen molar-refractivity contribution in [2.45, 2.75) is 25.1 Å². The van der Waals surface area contributed by atoms with Crippen LogP contribution < -0.4 is 14.8 Å². The van der Waals surface area contributed by atoms with Crippen molar-refractivity contribution in [2.75, 3.05) is 30.8 Å². The minimum Gasteiger partial charge on any atom is -0.484 e. The molecule has 1 aromatic heterocycles. The molecule has 33 heavy (non-hydrogen) atoms. The van der Waals surface area contributed by atoms with Gasteiger partial charge in [0.25, 0.3) is 5.91 Å². The van der Waals surface area contributed by atoms with Gasteiger partial charge in [-0.2, -0.15) is 0 Å². The van der Waals surface area contributed by atoms with Gasteiger partial charge in [0, 0.05) is 25.7 Å². The van der Waals surface area contributed by atoms with E-state index in [1.165, 1.54) is 30.0 Å². The van der Waals surface area contributed by atoms with Crippen molar-refractivity contribution >= 4 is 56.8 Å². The standard InChI is InChI=1S/C23H25N3O5S2/c1-4-26(5-2)22(29)14-32-23-25-19-11-6-16(12-20(19)33-23)24-21(28)13-30-17-7-9-18(10-8-17)31-15(3)27/h6-12H,4-5,13-14H2,1-3H3,(H,24,28). The average Bonchev–Trinajstić information content (AvgIpc) is 3.20. The van der Waals surface area contributed by atoms with Crippen molar-refractivity contribution < 1.29 is 23.9 Å². The number of thiazole rings is 1. The van der Waals surface area contributed by atoms with E-state index in [0.29, 0.717) is 36.0 Å². The Morgan fingerprint density at radius 1 is 1.06 bits per heavy atom. The zero-order valence-corrected chi connectivity index (χ0v) is 20.3. The minimum atomic E-state index is -0.403. The lowest BCUT2D eigenvalue weighted by atomic mass is 10.3. The molecular weight excluding hydrogens is 462 g/mol. The number of thioether (sulfide) groups is 1. The summed E-state index contributed by atoms with van der Waals surface area (Å²) in [5.41, 5.74) is 1.46. The molecule has 0 fully saturated rings. The summed E-state index contributed by atoms with van der Waals surface area (Å²) >= 11 is 2.91. The van der Waals surface area contributed by atoms with Gasteiger partial charge in [-0.3, -0.25) is 14.4 Å². The molecule has 0 unspecified atom stereocenters. The van der Waals surface area contributed by atoms with Crippen LogP contribution in [0.3, 0.4) is 0 Å². The summed E-state index contributed by atoms with van der Waals surface area (Å²) in [6.45, 7) is 6.48. The molecule has 8 nitrogen and oxygen atoms in total. The Bertz CT molecular complexity index is 1130. The van der Waals surface area contributed by atoms with Gasteiger partial charge in [0.05, 0.1) is 16.0 Å². The maximum absolute atomic E-state index is 12.3. The predicted octanol–water partition coefficient (Wildman–Crippen LogP) is 4.20. The summed E-state index contributed by atoms with van der Waals surface area (Å²) in [4.78, 5) is 41.8. The molecule has 0 spiro atoms. The van der Waals surface area contributed by atoms with Crippen LogP contribution in [0.2, 0.25) is 0 Å². The average molecular weight is 488 g/mol. The number of ether oxygens (including phenoxy) is 2. The van der Waals surface area contributed by atoms with E-state index in [1.807, 2.05) is 26.0 Å². The van der Waals surface area contributed by atoms with E-state index in [4.69, 9.17) is 9.47 Å². The van der Waals surface area contributed by atoms with Crippen molar-refractivity contribution in [1.82, 2.24) is 9.88 Å². The molecule has 0 bridgehead atoms.